The summed E-state index contributed by atoms with van der Waals surface area (Å²) in [4.78, 5) is 0. The quantitative estimate of drug-likeness (QED) is 0.653. The van der Waals surface area contributed by atoms with Crippen LogP contribution in [0.3, 0.4) is 0 Å². The highest BCUT2D eigenvalue weighted by Gasteiger charge is 2.56. The van der Waals surface area contributed by atoms with E-state index in [4.69, 9.17) is 5.73 Å². The van der Waals surface area contributed by atoms with Crippen LogP contribution < -0.4 is 5.73 Å². The minimum Gasteiger partial charge on any atom is -0.330 e. The highest BCUT2D eigenvalue weighted by atomic mass is 32.2. The van der Waals surface area contributed by atoms with Gasteiger partial charge in [0.2, 0.25) is 6.43 Å². The predicted molar refractivity (Wildman–Crippen MR) is 62.1 cm³/mol. The van der Waals surface area contributed by atoms with E-state index in [1.807, 2.05) is 0 Å². The number of sulfone groups is 1. The molecule has 0 saturated heterocycles. The van der Waals surface area contributed by atoms with Crippen LogP contribution in [-0.4, -0.2) is 44.5 Å². The fraction of sp³-hybridized carbons (Fsp3) is 1.00. The summed E-state index contributed by atoms with van der Waals surface area (Å²) >= 11 is 0. The molecule has 0 fully saturated rings. The lowest BCUT2D eigenvalue weighted by Crippen LogP contribution is -2.37. The zero-order chi connectivity index (χ0) is 16.9. The molecule has 0 saturated carbocycles. The van der Waals surface area contributed by atoms with Gasteiger partial charge in [-0.25, -0.2) is 17.2 Å². The van der Waals surface area contributed by atoms with Crippen molar-refractivity contribution in [2.75, 3.05) is 12.3 Å². The second-order valence-electron chi connectivity index (χ2n) is 4.50. The number of halogens is 7. The number of hydrogen-bond acceptors (Lipinski definition) is 3. The summed E-state index contributed by atoms with van der Waals surface area (Å²) in [6, 6.07) is 0. The summed E-state index contributed by atoms with van der Waals surface area (Å²) in [5.41, 5.74) is 5.08. The van der Waals surface area contributed by atoms with Crippen molar-refractivity contribution in [2.24, 2.45) is 5.73 Å². The van der Waals surface area contributed by atoms with Gasteiger partial charge in [-0.2, -0.15) is 22.0 Å². The Hall–Kier alpha value is -0.580. The van der Waals surface area contributed by atoms with Gasteiger partial charge in [0.25, 0.3) is 0 Å². The molecular formula is C10H16F7NO2S. The van der Waals surface area contributed by atoms with Crippen LogP contribution in [0.25, 0.3) is 0 Å². The van der Waals surface area contributed by atoms with E-state index in [0.29, 0.717) is 0 Å². The summed E-state index contributed by atoms with van der Waals surface area (Å²) in [6.45, 7) is -0.213. The maximum atomic E-state index is 12.6. The summed E-state index contributed by atoms with van der Waals surface area (Å²) in [6.07, 6.45) is -12.7. The third kappa shape index (κ3) is 6.81. The highest BCUT2D eigenvalue weighted by molar-refractivity contribution is 7.92. The minimum atomic E-state index is -5.77. The molecule has 1 atom stereocenters. The topological polar surface area (TPSA) is 60.2 Å². The molecule has 0 aromatic rings. The molecule has 0 radical (unpaired) electrons. The molecule has 0 aliphatic carbocycles. The van der Waals surface area contributed by atoms with E-state index in [-0.39, 0.29) is 13.0 Å². The van der Waals surface area contributed by atoms with Crippen LogP contribution in [0.5, 0.6) is 0 Å². The number of rotatable bonds is 9. The molecule has 0 heterocycles. The van der Waals surface area contributed by atoms with Crippen LogP contribution in [0.15, 0.2) is 0 Å². The van der Waals surface area contributed by atoms with Crippen LogP contribution in [0.2, 0.25) is 0 Å². The third-order valence-corrected chi connectivity index (χ3v) is 5.07. The summed E-state index contributed by atoms with van der Waals surface area (Å²) < 4.78 is 109. The maximum Gasteiger partial charge on any atom is 0.453 e. The van der Waals surface area contributed by atoms with Gasteiger partial charge < -0.3 is 5.73 Å². The van der Waals surface area contributed by atoms with Crippen molar-refractivity contribution in [3.63, 3.8) is 0 Å². The van der Waals surface area contributed by atoms with E-state index >= 15 is 0 Å². The first-order chi connectivity index (χ1) is 9.33. The summed E-state index contributed by atoms with van der Waals surface area (Å²) in [5, 5.41) is -1.54. The van der Waals surface area contributed by atoms with E-state index in [0.717, 1.165) is 0 Å². The molecule has 21 heavy (non-hydrogen) atoms. The van der Waals surface area contributed by atoms with E-state index in [9.17, 15) is 39.2 Å². The molecule has 0 aliphatic rings. The van der Waals surface area contributed by atoms with Gasteiger partial charge in [-0.1, -0.05) is 0 Å². The van der Waals surface area contributed by atoms with E-state index < -0.39 is 58.6 Å². The normalized spacial score (nSPS) is 15.5. The Kier molecular flexibility index (Phi) is 7.40. The zero-order valence-electron chi connectivity index (χ0n) is 10.8. The van der Waals surface area contributed by atoms with Crippen LogP contribution in [-0.2, 0) is 9.84 Å². The van der Waals surface area contributed by atoms with Gasteiger partial charge in [-0.3, -0.25) is 0 Å². The Morgan fingerprint density at radius 1 is 1.05 bits per heavy atom. The Labute approximate surface area is 117 Å². The summed E-state index contributed by atoms with van der Waals surface area (Å²) in [7, 11) is -4.21. The fourth-order valence-electron chi connectivity index (χ4n) is 1.63. The third-order valence-electron chi connectivity index (χ3n) is 2.77. The predicted octanol–water partition coefficient (Wildman–Crippen LogP) is 2.75. The first kappa shape index (κ1) is 20.4. The van der Waals surface area contributed by atoms with Gasteiger partial charge in [0.15, 0.2) is 9.84 Å². The van der Waals surface area contributed by atoms with E-state index in [1.165, 1.54) is 0 Å². The second kappa shape index (κ2) is 7.61. The largest absolute Gasteiger partial charge is 0.453 e. The molecule has 2 N–H and O–H groups in total. The van der Waals surface area contributed by atoms with Crippen molar-refractivity contribution >= 4 is 9.84 Å². The molecule has 0 spiro atoms. The molecular weight excluding hydrogens is 331 g/mol. The van der Waals surface area contributed by atoms with Gasteiger partial charge in [-0.05, 0) is 19.4 Å². The van der Waals surface area contributed by atoms with Gasteiger partial charge in [0, 0.05) is 12.8 Å². The van der Waals surface area contributed by atoms with Crippen LogP contribution in [0.1, 0.15) is 25.7 Å². The Morgan fingerprint density at radius 2 is 1.57 bits per heavy atom. The average Bonchev–Trinajstić information content (AvgIpc) is 2.25. The number of alkyl halides is 7. The molecule has 0 aromatic heterocycles. The molecule has 0 bridgehead atoms. The average molecular weight is 347 g/mol. The molecule has 0 amide bonds. The van der Waals surface area contributed by atoms with Crippen LogP contribution >= 0.6 is 0 Å². The maximum absolute atomic E-state index is 12.6. The van der Waals surface area contributed by atoms with Gasteiger partial charge >= 0.3 is 12.1 Å². The van der Waals surface area contributed by atoms with Crippen LogP contribution in [0, 0.1) is 0 Å². The Morgan fingerprint density at radius 3 is 1.95 bits per heavy atom. The summed E-state index contributed by atoms with van der Waals surface area (Å²) in [5.74, 6) is -6.02. The standard InChI is InChI=1S/C10H16F7NO2S/c11-8(12)6-7(2-4-18)21(19,20)5-1-3-9(13,14)10(15,16)17/h7-8H,1-6,18H2. The molecule has 0 aliphatic heterocycles. The zero-order valence-corrected chi connectivity index (χ0v) is 11.7. The van der Waals surface area contributed by atoms with Crippen molar-refractivity contribution in [3.8, 4) is 0 Å². The van der Waals surface area contributed by atoms with Crippen molar-refractivity contribution in [1.82, 2.24) is 0 Å². The lowest BCUT2D eigenvalue weighted by Gasteiger charge is -2.20. The van der Waals surface area contributed by atoms with Crippen molar-refractivity contribution in [1.29, 1.82) is 0 Å². The van der Waals surface area contributed by atoms with Gasteiger partial charge in [0.05, 0.1) is 11.0 Å². The number of nitrogens with two attached hydrogens (primary N) is 1. The Balaban J connectivity index is 4.66. The first-order valence-electron chi connectivity index (χ1n) is 5.98. The highest BCUT2D eigenvalue weighted by Crippen LogP contribution is 2.39. The van der Waals surface area contributed by atoms with Gasteiger partial charge in [-0.15, -0.1) is 0 Å². The smallest absolute Gasteiger partial charge is 0.330 e. The SMILES string of the molecule is NCCC(CC(F)F)S(=O)(=O)CCCC(F)(F)C(F)(F)F. The lowest BCUT2D eigenvalue weighted by molar-refractivity contribution is -0.284. The van der Waals surface area contributed by atoms with Crippen molar-refractivity contribution in [2.45, 2.75) is 49.5 Å². The fourth-order valence-corrected chi connectivity index (χ4v) is 3.45. The lowest BCUT2D eigenvalue weighted by atomic mass is 10.2. The molecule has 0 rings (SSSR count). The second-order valence-corrected chi connectivity index (χ2v) is 6.90. The van der Waals surface area contributed by atoms with E-state index in [2.05, 4.69) is 0 Å². The monoisotopic (exact) mass is 347 g/mol. The van der Waals surface area contributed by atoms with Crippen molar-refractivity contribution in [3.05, 3.63) is 0 Å². The van der Waals surface area contributed by atoms with Crippen LogP contribution in [0.4, 0.5) is 30.7 Å². The first-order valence-corrected chi connectivity index (χ1v) is 7.69. The molecule has 3 nitrogen and oxygen atoms in total. The van der Waals surface area contributed by atoms with E-state index in [1.54, 1.807) is 0 Å². The minimum absolute atomic E-state index is 0.213. The molecule has 1 unspecified atom stereocenters. The Bertz CT molecular complexity index is 408. The van der Waals surface area contributed by atoms with Gasteiger partial charge in [0.1, 0.15) is 0 Å². The van der Waals surface area contributed by atoms with Crippen molar-refractivity contribution < 1.29 is 39.2 Å². The molecule has 0 aromatic carbocycles. The molecule has 11 heteroatoms. The molecule has 128 valence electrons. The number of hydrogen-bond donors (Lipinski definition) is 1.